The molecule has 0 aromatic carbocycles. The van der Waals surface area contributed by atoms with Gasteiger partial charge < -0.3 is 10.4 Å². The molecule has 24 heavy (non-hydrogen) atoms. The zero-order chi connectivity index (χ0) is 18.2. The minimum Gasteiger partial charge on any atom is -0.480 e. The fraction of sp³-hybridized carbons (Fsp3) is 0.500. The van der Waals surface area contributed by atoms with Gasteiger partial charge in [-0.05, 0) is 12.0 Å². The van der Waals surface area contributed by atoms with Crippen molar-refractivity contribution in [2.45, 2.75) is 38.4 Å². The van der Waals surface area contributed by atoms with Crippen LogP contribution in [0.4, 0.5) is 13.2 Å². The van der Waals surface area contributed by atoms with Crippen molar-refractivity contribution in [2.24, 2.45) is 7.05 Å². The first kappa shape index (κ1) is 18.2. The van der Waals surface area contributed by atoms with Gasteiger partial charge in [0.15, 0.2) is 0 Å². The van der Waals surface area contributed by atoms with Crippen molar-refractivity contribution in [3.05, 3.63) is 16.6 Å². The van der Waals surface area contributed by atoms with Crippen LogP contribution in [0.15, 0.2) is 6.07 Å². The minimum absolute atomic E-state index is 0.108. The molecule has 0 aliphatic rings. The second-order valence-electron chi connectivity index (χ2n) is 5.68. The highest BCUT2D eigenvalue weighted by atomic mass is 32.1. The first-order chi connectivity index (χ1) is 11.0. The molecule has 2 heterocycles. The summed E-state index contributed by atoms with van der Waals surface area (Å²) in [6.07, 6.45) is -6.32. The third kappa shape index (κ3) is 3.86. The van der Waals surface area contributed by atoms with E-state index >= 15 is 0 Å². The average molecular weight is 363 g/mol. The molecule has 1 atom stereocenters. The van der Waals surface area contributed by atoms with E-state index in [2.05, 4.69) is 5.10 Å². The van der Waals surface area contributed by atoms with Crippen LogP contribution in [0.3, 0.4) is 0 Å². The number of carbonyl (C=O) groups is 2. The van der Waals surface area contributed by atoms with Crippen LogP contribution in [0, 0.1) is 0 Å². The maximum Gasteiger partial charge on any atom is 0.391 e. The molecular weight excluding hydrogens is 347 g/mol. The molecule has 132 valence electrons. The fourth-order valence-corrected chi connectivity index (χ4v) is 3.25. The quantitative estimate of drug-likeness (QED) is 0.856. The van der Waals surface area contributed by atoms with Crippen LogP contribution in [0.25, 0.3) is 10.2 Å². The smallest absolute Gasteiger partial charge is 0.391 e. The monoisotopic (exact) mass is 363 g/mol. The molecule has 2 aromatic heterocycles. The van der Waals surface area contributed by atoms with Crippen LogP contribution in [0.1, 0.15) is 41.6 Å². The van der Waals surface area contributed by atoms with Crippen LogP contribution >= 0.6 is 11.3 Å². The Hall–Kier alpha value is -2.10. The van der Waals surface area contributed by atoms with E-state index in [9.17, 15) is 22.8 Å². The van der Waals surface area contributed by atoms with Crippen molar-refractivity contribution < 1.29 is 27.9 Å². The van der Waals surface area contributed by atoms with E-state index in [1.807, 2.05) is 19.2 Å². The van der Waals surface area contributed by atoms with E-state index < -0.39 is 30.5 Å². The van der Waals surface area contributed by atoms with E-state index in [1.54, 1.807) is 11.7 Å². The Morgan fingerprint density at radius 2 is 2.04 bits per heavy atom. The molecule has 0 saturated heterocycles. The topological polar surface area (TPSA) is 84.2 Å². The molecule has 6 nitrogen and oxygen atoms in total. The average Bonchev–Trinajstić information content (AvgIpc) is 2.97. The standard InChI is InChI=1S/C14H16F3N3O3S/c1-6(2)10-7-4-9(24-12(7)20(3)19-10)11(21)18-8(13(22)23)5-14(15,16)17/h4,6,8H,5H2,1-3H3,(H,18,21)(H,22,23). The lowest BCUT2D eigenvalue weighted by Gasteiger charge is -2.15. The summed E-state index contributed by atoms with van der Waals surface area (Å²) in [6.45, 7) is 3.87. The highest BCUT2D eigenvalue weighted by Gasteiger charge is 2.36. The van der Waals surface area contributed by atoms with Gasteiger partial charge in [-0.2, -0.15) is 18.3 Å². The van der Waals surface area contributed by atoms with Gasteiger partial charge in [0.1, 0.15) is 10.9 Å². The van der Waals surface area contributed by atoms with Crippen LogP contribution in [-0.2, 0) is 11.8 Å². The Labute approximate surface area is 139 Å². The summed E-state index contributed by atoms with van der Waals surface area (Å²) >= 11 is 1.06. The number of aryl methyl sites for hydroxylation is 1. The number of thiophene rings is 1. The van der Waals surface area contributed by atoms with Crippen LogP contribution in [-0.4, -0.2) is 39.0 Å². The lowest BCUT2D eigenvalue weighted by molar-refractivity contribution is -0.157. The fourth-order valence-electron chi connectivity index (χ4n) is 2.27. The Balaban J connectivity index is 2.27. The van der Waals surface area contributed by atoms with Crippen molar-refractivity contribution >= 4 is 33.4 Å². The summed E-state index contributed by atoms with van der Waals surface area (Å²) in [4.78, 5) is 23.9. The molecule has 0 saturated carbocycles. The Morgan fingerprint density at radius 1 is 1.42 bits per heavy atom. The summed E-state index contributed by atoms with van der Waals surface area (Å²) in [6, 6.07) is -0.491. The van der Waals surface area contributed by atoms with E-state index in [-0.39, 0.29) is 10.8 Å². The Kier molecular flexibility index (Phi) is 4.88. The third-order valence-corrected chi connectivity index (χ3v) is 4.55. The molecule has 0 radical (unpaired) electrons. The van der Waals surface area contributed by atoms with Crippen molar-refractivity contribution in [2.75, 3.05) is 0 Å². The minimum atomic E-state index is -4.69. The van der Waals surface area contributed by atoms with Crippen LogP contribution in [0.5, 0.6) is 0 Å². The Bertz CT molecular complexity index is 779. The molecule has 0 fully saturated rings. The zero-order valence-corrected chi connectivity index (χ0v) is 14.0. The number of aliphatic carboxylic acids is 1. The molecule has 2 rings (SSSR count). The first-order valence-corrected chi connectivity index (χ1v) is 7.88. The van der Waals surface area contributed by atoms with Gasteiger partial charge in [-0.15, -0.1) is 11.3 Å². The van der Waals surface area contributed by atoms with E-state index in [0.717, 1.165) is 22.4 Å². The Morgan fingerprint density at radius 3 is 2.54 bits per heavy atom. The van der Waals surface area contributed by atoms with Gasteiger partial charge in [-0.1, -0.05) is 13.8 Å². The summed E-state index contributed by atoms with van der Waals surface area (Å²) in [7, 11) is 1.70. The molecule has 0 bridgehead atoms. The first-order valence-electron chi connectivity index (χ1n) is 7.06. The van der Waals surface area contributed by atoms with Crippen molar-refractivity contribution in [3.8, 4) is 0 Å². The molecule has 0 spiro atoms. The van der Waals surface area contributed by atoms with Crippen LogP contribution < -0.4 is 5.32 Å². The van der Waals surface area contributed by atoms with Gasteiger partial charge in [0.2, 0.25) is 0 Å². The maximum atomic E-state index is 12.4. The largest absolute Gasteiger partial charge is 0.480 e. The number of rotatable bonds is 5. The number of carbonyl (C=O) groups excluding carboxylic acids is 1. The molecule has 2 N–H and O–H groups in total. The van der Waals surface area contributed by atoms with E-state index in [4.69, 9.17) is 5.11 Å². The summed E-state index contributed by atoms with van der Waals surface area (Å²) in [5, 5.41) is 15.9. The van der Waals surface area contributed by atoms with Crippen LogP contribution in [0.2, 0.25) is 0 Å². The lowest BCUT2D eigenvalue weighted by Crippen LogP contribution is -2.43. The van der Waals surface area contributed by atoms with Gasteiger partial charge in [-0.3, -0.25) is 9.48 Å². The molecule has 0 aliphatic carbocycles. The SMILES string of the molecule is CC(C)c1nn(C)c2sc(C(=O)NC(CC(F)(F)F)C(=O)O)cc12. The number of aromatic nitrogens is 2. The van der Waals surface area contributed by atoms with Gasteiger partial charge in [0.25, 0.3) is 5.91 Å². The van der Waals surface area contributed by atoms with Gasteiger partial charge in [0, 0.05) is 12.4 Å². The molecular formula is C14H16F3N3O3S. The summed E-state index contributed by atoms with van der Waals surface area (Å²) in [5.41, 5.74) is 0.771. The highest BCUT2D eigenvalue weighted by molar-refractivity contribution is 7.20. The number of carboxylic acid groups (broad SMARTS) is 1. The number of hydrogen-bond acceptors (Lipinski definition) is 4. The number of halogens is 3. The number of hydrogen-bond donors (Lipinski definition) is 2. The van der Waals surface area contributed by atoms with Gasteiger partial charge >= 0.3 is 12.1 Å². The lowest BCUT2D eigenvalue weighted by atomic mass is 10.1. The second kappa shape index (κ2) is 6.42. The normalized spacial score (nSPS) is 13.5. The molecule has 1 unspecified atom stereocenters. The molecule has 1 amide bonds. The number of carboxylic acids is 1. The highest BCUT2D eigenvalue weighted by Crippen LogP contribution is 2.31. The summed E-state index contributed by atoms with van der Waals surface area (Å²) in [5.74, 6) is -2.47. The van der Waals surface area contributed by atoms with Crippen molar-refractivity contribution in [1.82, 2.24) is 15.1 Å². The number of nitrogens with zero attached hydrogens (tertiary/aromatic N) is 2. The van der Waals surface area contributed by atoms with E-state index in [0.29, 0.717) is 4.83 Å². The zero-order valence-electron chi connectivity index (χ0n) is 13.1. The van der Waals surface area contributed by atoms with Gasteiger partial charge in [0.05, 0.1) is 17.0 Å². The van der Waals surface area contributed by atoms with E-state index in [1.165, 1.54) is 6.07 Å². The summed E-state index contributed by atoms with van der Waals surface area (Å²) < 4.78 is 38.8. The molecule has 2 aromatic rings. The number of fused-ring (bicyclic) bond motifs is 1. The maximum absolute atomic E-state index is 12.4. The predicted molar refractivity (Wildman–Crippen MR) is 82.2 cm³/mol. The molecule has 10 heteroatoms. The predicted octanol–water partition coefficient (Wildman–Crippen LogP) is 2.89. The third-order valence-electron chi connectivity index (χ3n) is 3.35. The number of alkyl halides is 3. The van der Waals surface area contributed by atoms with Crippen molar-refractivity contribution in [3.63, 3.8) is 0 Å². The second-order valence-corrected chi connectivity index (χ2v) is 6.71. The number of nitrogens with one attached hydrogen (secondary N) is 1. The van der Waals surface area contributed by atoms with Gasteiger partial charge in [-0.25, -0.2) is 4.79 Å². The number of amides is 1. The molecule has 0 aliphatic heterocycles. The van der Waals surface area contributed by atoms with Crippen molar-refractivity contribution in [1.29, 1.82) is 0 Å².